The molecule has 3 aliphatic rings. The molecule has 1 unspecified atom stereocenters. The van der Waals surface area contributed by atoms with Crippen molar-refractivity contribution in [1.82, 2.24) is 25.3 Å². The highest BCUT2D eigenvalue weighted by molar-refractivity contribution is 6.02. The molecule has 2 amide bonds. The number of halogens is 2. The first-order valence-electron chi connectivity index (χ1n) is 12.0. The Labute approximate surface area is 191 Å². The minimum Gasteiger partial charge on any atom is -0.314 e. The van der Waals surface area contributed by atoms with Gasteiger partial charge in [-0.2, -0.15) is 5.10 Å². The van der Waals surface area contributed by atoms with Crippen LogP contribution in [0.4, 0.5) is 8.78 Å². The van der Waals surface area contributed by atoms with Gasteiger partial charge in [-0.05, 0) is 56.8 Å². The van der Waals surface area contributed by atoms with Gasteiger partial charge in [0, 0.05) is 37.9 Å². The van der Waals surface area contributed by atoms with Gasteiger partial charge in [0.2, 0.25) is 11.8 Å². The predicted octanol–water partition coefficient (Wildman–Crippen LogP) is 2.36. The highest BCUT2D eigenvalue weighted by Gasteiger charge is 2.34. The first kappa shape index (κ1) is 22.4. The van der Waals surface area contributed by atoms with Crippen molar-refractivity contribution in [1.29, 1.82) is 0 Å². The molecular formula is C24H31F2N5O2. The third-order valence-electron chi connectivity index (χ3n) is 7.64. The molecule has 3 fully saturated rings. The van der Waals surface area contributed by atoms with Crippen LogP contribution in [-0.4, -0.2) is 65.4 Å². The molecule has 178 valence electrons. The molecule has 3 aliphatic heterocycles. The van der Waals surface area contributed by atoms with Crippen molar-refractivity contribution >= 4 is 22.7 Å². The van der Waals surface area contributed by atoms with Crippen LogP contribution in [0.3, 0.4) is 0 Å². The summed E-state index contributed by atoms with van der Waals surface area (Å²) >= 11 is 0. The van der Waals surface area contributed by atoms with Gasteiger partial charge in [-0.15, -0.1) is 0 Å². The van der Waals surface area contributed by atoms with Gasteiger partial charge in [0.15, 0.2) is 5.82 Å². The second-order valence-corrected chi connectivity index (χ2v) is 9.72. The average molecular weight is 460 g/mol. The number of carbonyl (C=O) groups is 2. The highest BCUT2D eigenvalue weighted by atomic mass is 19.1. The lowest BCUT2D eigenvalue weighted by molar-refractivity contribution is -0.134. The van der Waals surface area contributed by atoms with Crippen LogP contribution in [-0.2, 0) is 16.6 Å². The number of carbonyl (C=O) groups excluding carboxylic acids is 2. The minimum atomic E-state index is -0.792. The van der Waals surface area contributed by atoms with Crippen LogP contribution >= 0.6 is 0 Å². The van der Waals surface area contributed by atoms with Crippen molar-refractivity contribution in [3.8, 4) is 0 Å². The Bertz CT molecular complexity index is 1060. The zero-order valence-corrected chi connectivity index (χ0v) is 18.9. The van der Waals surface area contributed by atoms with E-state index in [1.807, 2.05) is 12.1 Å². The number of fused-ring (bicyclic) bond motifs is 1. The number of hydrogen-bond donors (Lipinski definition) is 2. The highest BCUT2D eigenvalue weighted by Crippen LogP contribution is 2.37. The molecule has 0 aliphatic carbocycles. The van der Waals surface area contributed by atoms with E-state index in [9.17, 15) is 14.0 Å². The van der Waals surface area contributed by atoms with Crippen LogP contribution in [0.1, 0.15) is 55.2 Å². The van der Waals surface area contributed by atoms with E-state index >= 15 is 4.39 Å². The Hall–Kier alpha value is -2.39. The molecule has 3 atom stereocenters. The standard InChI is InChI=1S/C24H31F2N5O2/c1-30-23-17(22(29-30)18-4-5-20(32)28-24(18)33)3-2-16(21(23)26)14-7-10-31(11-8-14)13-15-6-9-27-12-19(15)25/h2-3,14-15,18-19,27H,4-13H2,1H3,(H,28,32,33)/t15-,18?,19-/m0/s1. The van der Waals surface area contributed by atoms with E-state index in [4.69, 9.17) is 0 Å². The maximum absolute atomic E-state index is 15.7. The Kier molecular flexibility index (Phi) is 6.18. The van der Waals surface area contributed by atoms with Gasteiger partial charge in [0.25, 0.3) is 0 Å². The van der Waals surface area contributed by atoms with Gasteiger partial charge in [-0.25, -0.2) is 8.78 Å². The van der Waals surface area contributed by atoms with Crippen LogP contribution < -0.4 is 10.6 Å². The summed E-state index contributed by atoms with van der Waals surface area (Å²) in [5.74, 6) is -1.29. The molecule has 7 nitrogen and oxygen atoms in total. The van der Waals surface area contributed by atoms with E-state index in [0.29, 0.717) is 35.1 Å². The predicted molar refractivity (Wildman–Crippen MR) is 120 cm³/mol. The fraction of sp³-hybridized carbons (Fsp3) is 0.625. The smallest absolute Gasteiger partial charge is 0.235 e. The lowest BCUT2D eigenvalue weighted by atomic mass is 9.86. The summed E-state index contributed by atoms with van der Waals surface area (Å²) in [6.07, 6.45) is 2.38. The SMILES string of the molecule is Cn1nc(C2CCC(=O)NC2=O)c2ccc(C3CCN(C[C@@H]4CCNC[C@@H]4F)CC3)c(F)c21. The molecule has 2 aromatic rings. The van der Waals surface area contributed by atoms with Crippen molar-refractivity contribution in [2.45, 2.75) is 50.1 Å². The van der Waals surface area contributed by atoms with Gasteiger partial charge < -0.3 is 10.2 Å². The number of benzene rings is 1. The van der Waals surface area contributed by atoms with Crippen molar-refractivity contribution in [2.24, 2.45) is 13.0 Å². The molecule has 9 heteroatoms. The van der Waals surface area contributed by atoms with Crippen LogP contribution in [0.5, 0.6) is 0 Å². The lowest BCUT2D eigenvalue weighted by Gasteiger charge is -2.36. The number of aryl methyl sites for hydroxylation is 1. The Morgan fingerprint density at radius 3 is 2.67 bits per heavy atom. The number of aromatic nitrogens is 2. The van der Waals surface area contributed by atoms with E-state index < -0.39 is 12.1 Å². The summed E-state index contributed by atoms with van der Waals surface area (Å²) < 4.78 is 31.4. The average Bonchev–Trinajstić information content (AvgIpc) is 3.13. The number of alkyl halides is 1. The third kappa shape index (κ3) is 4.28. The number of imide groups is 1. The fourth-order valence-corrected chi connectivity index (χ4v) is 5.73. The van der Waals surface area contributed by atoms with Crippen LogP contribution in [0, 0.1) is 11.7 Å². The maximum Gasteiger partial charge on any atom is 0.235 e. The maximum atomic E-state index is 15.7. The normalized spacial score (nSPS) is 27.8. The molecule has 0 bridgehead atoms. The summed E-state index contributed by atoms with van der Waals surface area (Å²) in [6, 6.07) is 3.70. The summed E-state index contributed by atoms with van der Waals surface area (Å²) in [5.41, 5.74) is 1.62. The quantitative estimate of drug-likeness (QED) is 0.687. The van der Waals surface area contributed by atoms with Crippen molar-refractivity contribution in [3.63, 3.8) is 0 Å². The van der Waals surface area contributed by atoms with Crippen LogP contribution in [0.25, 0.3) is 10.9 Å². The number of nitrogens with one attached hydrogen (secondary N) is 2. The third-order valence-corrected chi connectivity index (χ3v) is 7.64. The van der Waals surface area contributed by atoms with Crippen molar-refractivity contribution in [2.75, 3.05) is 32.7 Å². The van der Waals surface area contributed by atoms with Crippen molar-refractivity contribution in [3.05, 3.63) is 29.2 Å². The van der Waals surface area contributed by atoms with Gasteiger partial charge in [-0.1, -0.05) is 12.1 Å². The molecule has 5 rings (SSSR count). The zero-order chi connectivity index (χ0) is 23.1. The molecule has 1 aromatic heterocycles. The molecule has 2 N–H and O–H groups in total. The minimum absolute atomic E-state index is 0.0797. The first-order chi connectivity index (χ1) is 15.9. The molecule has 0 radical (unpaired) electrons. The number of hydrogen-bond acceptors (Lipinski definition) is 5. The van der Waals surface area contributed by atoms with E-state index in [1.165, 1.54) is 4.68 Å². The molecule has 0 spiro atoms. The summed E-state index contributed by atoms with van der Waals surface area (Å²) in [6.45, 7) is 3.77. The monoisotopic (exact) mass is 459 g/mol. The van der Waals surface area contributed by atoms with E-state index in [2.05, 4.69) is 20.6 Å². The van der Waals surface area contributed by atoms with E-state index in [0.717, 1.165) is 45.4 Å². The van der Waals surface area contributed by atoms with Crippen molar-refractivity contribution < 1.29 is 18.4 Å². The number of piperidine rings is 3. The van der Waals surface area contributed by atoms with Gasteiger partial charge in [0.1, 0.15) is 11.7 Å². The van der Waals surface area contributed by atoms with Gasteiger partial charge >= 0.3 is 0 Å². The molecule has 4 heterocycles. The number of nitrogens with zero attached hydrogens (tertiary/aromatic N) is 3. The Balaban J connectivity index is 1.32. The molecule has 0 saturated carbocycles. The van der Waals surface area contributed by atoms with E-state index in [-0.39, 0.29) is 35.9 Å². The second kappa shape index (κ2) is 9.10. The lowest BCUT2D eigenvalue weighted by Crippen LogP contribution is -2.45. The number of rotatable bonds is 4. The van der Waals surface area contributed by atoms with Crippen LogP contribution in [0.15, 0.2) is 12.1 Å². The molecule has 3 saturated heterocycles. The second-order valence-electron chi connectivity index (χ2n) is 9.72. The fourth-order valence-electron chi connectivity index (χ4n) is 5.73. The molecule has 33 heavy (non-hydrogen) atoms. The van der Waals surface area contributed by atoms with Gasteiger partial charge in [-0.3, -0.25) is 19.6 Å². The Morgan fingerprint density at radius 2 is 1.94 bits per heavy atom. The molecule has 1 aromatic carbocycles. The zero-order valence-electron chi connectivity index (χ0n) is 18.9. The summed E-state index contributed by atoms with van der Waals surface area (Å²) in [7, 11) is 1.69. The molecular weight excluding hydrogens is 428 g/mol. The van der Waals surface area contributed by atoms with Crippen LogP contribution in [0.2, 0.25) is 0 Å². The number of amides is 2. The first-order valence-corrected chi connectivity index (χ1v) is 12.0. The van der Waals surface area contributed by atoms with Gasteiger partial charge in [0.05, 0.1) is 11.6 Å². The summed E-state index contributed by atoms with van der Waals surface area (Å²) in [4.78, 5) is 26.2. The Morgan fingerprint density at radius 1 is 1.15 bits per heavy atom. The largest absolute Gasteiger partial charge is 0.314 e. The summed E-state index contributed by atoms with van der Waals surface area (Å²) in [5, 5.41) is 10.6. The van der Waals surface area contributed by atoms with E-state index in [1.54, 1.807) is 7.05 Å². The topological polar surface area (TPSA) is 79.3 Å². The number of likely N-dealkylation sites (tertiary alicyclic amines) is 1.